The molecule has 0 unspecified atom stereocenters. The summed E-state index contributed by atoms with van der Waals surface area (Å²) >= 11 is 1.38. The van der Waals surface area contributed by atoms with E-state index in [9.17, 15) is 24.3 Å². The largest absolute Gasteiger partial charge is 0.444 e. The second-order valence-corrected chi connectivity index (χ2v) is 9.49. The van der Waals surface area contributed by atoms with Crippen LogP contribution in [0, 0.1) is 0 Å². The SMILES string of the molecule is Cn1c(=O)n(C[C@@H](O)CC[C@@H]2CN(c3ccc4c(n3)NC(=O)CS4)C(=O)O2)c(=O)c2ccccc21. The number of thioether (sulfide) groups is 1. The van der Waals surface area contributed by atoms with Gasteiger partial charge in [0.25, 0.3) is 5.56 Å². The van der Waals surface area contributed by atoms with Gasteiger partial charge in [0.1, 0.15) is 17.7 Å². The molecule has 0 radical (unpaired) electrons. The highest BCUT2D eigenvalue weighted by Gasteiger charge is 2.34. The molecule has 3 aromatic rings. The lowest BCUT2D eigenvalue weighted by Gasteiger charge is -2.18. The van der Waals surface area contributed by atoms with Crippen LogP contribution < -0.4 is 21.5 Å². The molecular weight excluding hydrogens is 474 g/mol. The minimum absolute atomic E-state index is 0.150. The highest BCUT2D eigenvalue weighted by atomic mass is 32.2. The van der Waals surface area contributed by atoms with Crippen LogP contribution in [0.3, 0.4) is 0 Å². The van der Waals surface area contributed by atoms with E-state index in [1.807, 2.05) is 0 Å². The van der Waals surface area contributed by atoms with Crippen molar-refractivity contribution in [1.29, 1.82) is 0 Å². The highest BCUT2D eigenvalue weighted by molar-refractivity contribution is 8.00. The van der Waals surface area contributed by atoms with Crippen LogP contribution >= 0.6 is 11.8 Å². The fourth-order valence-electron chi connectivity index (χ4n) is 4.27. The molecule has 0 saturated carbocycles. The zero-order valence-electron chi connectivity index (χ0n) is 18.8. The van der Waals surface area contributed by atoms with E-state index in [0.717, 1.165) is 9.46 Å². The predicted molar refractivity (Wildman–Crippen MR) is 130 cm³/mol. The summed E-state index contributed by atoms with van der Waals surface area (Å²) in [6, 6.07) is 10.3. The third-order valence-electron chi connectivity index (χ3n) is 6.08. The number of amides is 2. The Labute approximate surface area is 203 Å². The number of carbonyl (C=O) groups excluding carboxylic acids is 2. The Kier molecular flexibility index (Phi) is 6.07. The van der Waals surface area contributed by atoms with Crippen molar-refractivity contribution >= 4 is 46.3 Å². The van der Waals surface area contributed by atoms with Crippen LogP contribution in [-0.2, 0) is 23.1 Å². The summed E-state index contributed by atoms with van der Waals surface area (Å²) in [7, 11) is 1.58. The molecule has 2 aromatic heterocycles. The van der Waals surface area contributed by atoms with Gasteiger partial charge in [0, 0.05) is 7.05 Å². The lowest BCUT2D eigenvalue weighted by molar-refractivity contribution is -0.113. The van der Waals surface area contributed by atoms with Crippen molar-refractivity contribution < 1.29 is 19.4 Å². The van der Waals surface area contributed by atoms with Gasteiger partial charge >= 0.3 is 11.8 Å². The maximum absolute atomic E-state index is 12.8. The first-order valence-electron chi connectivity index (χ1n) is 11.1. The van der Waals surface area contributed by atoms with E-state index < -0.39 is 29.6 Å². The third-order valence-corrected chi connectivity index (χ3v) is 7.13. The summed E-state index contributed by atoms with van der Waals surface area (Å²) in [6.45, 7) is 0.0700. The number of cyclic esters (lactones) is 1. The molecule has 2 N–H and O–H groups in total. The quantitative estimate of drug-likeness (QED) is 0.520. The first kappa shape index (κ1) is 23.1. The molecule has 2 amide bonds. The molecule has 12 heteroatoms. The van der Waals surface area contributed by atoms with Crippen molar-refractivity contribution in [1.82, 2.24) is 14.1 Å². The topological polar surface area (TPSA) is 136 Å². The van der Waals surface area contributed by atoms with Gasteiger partial charge < -0.3 is 15.2 Å². The van der Waals surface area contributed by atoms with Gasteiger partial charge in [0.2, 0.25) is 5.91 Å². The molecule has 0 aliphatic carbocycles. The fraction of sp³-hybridized carbons (Fsp3) is 0.348. The van der Waals surface area contributed by atoms with E-state index in [-0.39, 0.29) is 25.4 Å². The van der Waals surface area contributed by atoms with Crippen molar-refractivity contribution in [2.75, 3.05) is 22.5 Å². The van der Waals surface area contributed by atoms with Gasteiger partial charge in [0.05, 0.1) is 40.7 Å². The highest BCUT2D eigenvalue weighted by Crippen LogP contribution is 2.33. The molecule has 1 saturated heterocycles. The molecule has 1 aromatic carbocycles. The Morgan fingerprint density at radius 2 is 2.00 bits per heavy atom. The maximum Gasteiger partial charge on any atom is 0.415 e. The van der Waals surface area contributed by atoms with Crippen molar-refractivity contribution in [3.8, 4) is 0 Å². The second-order valence-electron chi connectivity index (χ2n) is 8.48. The Bertz CT molecular complexity index is 1450. The summed E-state index contributed by atoms with van der Waals surface area (Å²) in [4.78, 5) is 56.1. The van der Waals surface area contributed by atoms with Crippen LogP contribution in [0.5, 0.6) is 0 Å². The zero-order chi connectivity index (χ0) is 24.7. The zero-order valence-corrected chi connectivity index (χ0v) is 19.7. The normalized spacial score (nSPS) is 18.3. The molecule has 2 aliphatic heterocycles. The van der Waals surface area contributed by atoms with Crippen LogP contribution in [-0.4, -0.2) is 55.7 Å². The average molecular weight is 498 g/mol. The molecule has 2 aliphatic rings. The fourth-order valence-corrected chi connectivity index (χ4v) is 5.02. The number of nitrogens with zero attached hydrogens (tertiary/aromatic N) is 4. The van der Waals surface area contributed by atoms with E-state index in [4.69, 9.17) is 4.74 Å². The number of carbonyl (C=O) groups is 2. The van der Waals surface area contributed by atoms with Gasteiger partial charge in [-0.3, -0.25) is 23.6 Å². The number of aliphatic hydroxyl groups is 1. The standard InChI is InChI=1S/C23H23N5O6S/c1-26-16-5-3-2-4-15(16)21(31)28(22(26)32)10-13(29)6-7-14-11-27(23(33)34-14)18-9-8-17-20(24-18)25-19(30)12-35-17/h2-5,8-9,13-14,29H,6-7,10-12H2,1H3,(H,24,25,30)/t13-,14+/m0/s1. The maximum atomic E-state index is 12.8. The minimum atomic E-state index is -0.983. The molecule has 4 heterocycles. The summed E-state index contributed by atoms with van der Waals surface area (Å²) in [6.07, 6.45) is -1.48. The predicted octanol–water partition coefficient (Wildman–Crippen LogP) is 1.31. The molecule has 35 heavy (non-hydrogen) atoms. The van der Waals surface area contributed by atoms with E-state index in [1.54, 1.807) is 43.4 Å². The number of hydrogen-bond acceptors (Lipinski definition) is 8. The van der Waals surface area contributed by atoms with Crippen LogP contribution in [0.4, 0.5) is 16.4 Å². The van der Waals surface area contributed by atoms with Gasteiger partial charge in [-0.05, 0) is 37.1 Å². The summed E-state index contributed by atoms with van der Waals surface area (Å²) in [5.74, 6) is 0.953. The van der Waals surface area contributed by atoms with Gasteiger partial charge in [0.15, 0.2) is 0 Å². The van der Waals surface area contributed by atoms with Crippen LogP contribution in [0.2, 0.25) is 0 Å². The molecule has 5 rings (SSSR count). The van der Waals surface area contributed by atoms with Crippen molar-refractivity contribution in [2.24, 2.45) is 7.05 Å². The van der Waals surface area contributed by atoms with Gasteiger partial charge in [-0.15, -0.1) is 11.8 Å². The van der Waals surface area contributed by atoms with Crippen LogP contribution in [0.15, 0.2) is 50.9 Å². The molecule has 2 atom stereocenters. The number of benzene rings is 1. The number of ether oxygens (including phenoxy) is 1. The van der Waals surface area contributed by atoms with Crippen LogP contribution in [0.1, 0.15) is 12.8 Å². The molecule has 0 spiro atoms. The molecular formula is C23H23N5O6S. The Hall–Kier alpha value is -3.64. The van der Waals surface area contributed by atoms with Crippen molar-refractivity contribution in [3.05, 3.63) is 57.2 Å². The molecule has 11 nitrogen and oxygen atoms in total. The number of aliphatic hydroxyl groups excluding tert-OH is 1. The number of hydrogen-bond donors (Lipinski definition) is 2. The number of para-hydroxylation sites is 1. The lowest BCUT2D eigenvalue weighted by Crippen LogP contribution is -2.41. The molecule has 182 valence electrons. The Morgan fingerprint density at radius 1 is 1.20 bits per heavy atom. The van der Waals surface area contributed by atoms with E-state index in [0.29, 0.717) is 34.7 Å². The number of pyridine rings is 1. The smallest absolute Gasteiger partial charge is 0.415 e. The number of nitrogens with one attached hydrogen (secondary N) is 1. The average Bonchev–Trinajstić information content (AvgIpc) is 3.24. The van der Waals surface area contributed by atoms with E-state index in [2.05, 4.69) is 10.3 Å². The Balaban J connectivity index is 1.24. The number of aryl methyl sites for hydroxylation is 1. The van der Waals surface area contributed by atoms with Crippen molar-refractivity contribution in [3.63, 3.8) is 0 Å². The number of fused-ring (bicyclic) bond motifs is 2. The second kappa shape index (κ2) is 9.19. The molecule has 0 bridgehead atoms. The first-order valence-corrected chi connectivity index (χ1v) is 12.1. The number of rotatable bonds is 6. The van der Waals surface area contributed by atoms with Gasteiger partial charge in [-0.2, -0.15) is 0 Å². The lowest BCUT2D eigenvalue weighted by atomic mass is 10.1. The number of aromatic nitrogens is 3. The number of anilines is 2. The summed E-state index contributed by atoms with van der Waals surface area (Å²) < 4.78 is 7.84. The van der Waals surface area contributed by atoms with Crippen LogP contribution in [0.25, 0.3) is 10.9 Å². The first-order chi connectivity index (χ1) is 16.8. The third kappa shape index (κ3) is 4.42. The van der Waals surface area contributed by atoms with E-state index in [1.165, 1.54) is 21.2 Å². The monoisotopic (exact) mass is 497 g/mol. The van der Waals surface area contributed by atoms with Crippen molar-refractivity contribution in [2.45, 2.75) is 36.5 Å². The summed E-state index contributed by atoms with van der Waals surface area (Å²) in [5.41, 5.74) is -0.430. The summed E-state index contributed by atoms with van der Waals surface area (Å²) in [5, 5.41) is 13.7. The van der Waals surface area contributed by atoms with Gasteiger partial charge in [-0.1, -0.05) is 12.1 Å². The Morgan fingerprint density at radius 3 is 2.83 bits per heavy atom. The van der Waals surface area contributed by atoms with Gasteiger partial charge in [-0.25, -0.2) is 14.6 Å². The van der Waals surface area contributed by atoms with E-state index >= 15 is 0 Å². The minimum Gasteiger partial charge on any atom is -0.444 e. The molecule has 1 fully saturated rings.